The maximum atomic E-state index is 11.3. The van der Waals surface area contributed by atoms with Gasteiger partial charge in [-0.3, -0.25) is 4.79 Å². The molecule has 1 amide bonds. The van der Waals surface area contributed by atoms with Crippen molar-refractivity contribution in [2.45, 2.75) is 24.0 Å². The number of rotatable bonds is 2. The molecule has 0 aromatic carbocycles. The largest absolute Gasteiger partial charge is 0.305 e. The molecule has 2 unspecified atom stereocenters. The second-order valence-corrected chi connectivity index (χ2v) is 4.43. The van der Waals surface area contributed by atoms with Crippen molar-refractivity contribution in [2.24, 2.45) is 9.98 Å². The highest BCUT2D eigenvalue weighted by atomic mass is 32.2. The molecular weight excluding hydrogens is 218 g/mol. The number of thioether (sulfide) groups is 1. The Morgan fingerprint density at radius 1 is 1.33 bits per heavy atom. The van der Waals surface area contributed by atoms with Crippen LogP contribution in [-0.4, -0.2) is 46.3 Å². The van der Waals surface area contributed by atoms with Gasteiger partial charge in [0.1, 0.15) is 6.04 Å². The number of nitrogens with zero attached hydrogens (tertiary/aromatic N) is 3. The molecule has 2 aliphatic rings. The second kappa shape index (κ2) is 3.98. The normalized spacial score (nSPS) is 33.2. The fourth-order valence-corrected chi connectivity index (χ4v) is 3.04. The summed E-state index contributed by atoms with van der Waals surface area (Å²) in [5.74, 6) is 0.502. The number of isocyanates is 2. The van der Waals surface area contributed by atoms with E-state index >= 15 is 0 Å². The van der Waals surface area contributed by atoms with Crippen LogP contribution >= 0.6 is 11.8 Å². The van der Waals surface area contributed by atoms with Gasteiger partial charge in [-0.25, -0.2) is 9.59 Å². The van der Waals surface area contributed by atoms with E-state index in [9.17, 15) is 14.4 Å². The Hall–Kier alpha value is -1.42. The molecule has 2 fully saturated rings. The van der Waals surface area contributed by atoms with E-state index in [1.54, 1.807) is 0 Å². The van der Waals surface area contributed by atoms with E-state index < -0.39 is 12.2 Å². The van der Waals surface area contributed by atoms with E-state index in [-0.39, 0.29) is 11.3 Å². The zero-order valence-electron chi connectivity index (χ0n) is 7.62. The first kappa shape index (κ1) is 10.1. The summed E-state index contributed by atoms with van der Waals surface area (Å²) >= 11 is 1.54. The summed E-state index contributed by atoms with van der Waals surface area (Å²) in [5.41, 5.74) is 0. The van der Waals surface area contributed by atoms with E-state index in [0.29, 0.717) is 12.2 Å². The molecular formula is C8H7N3O3S. The van der Waals surface area contributed by atoms with Crippen LogP contribution in [0.2, 0.25) is 0 Å². The molecule has 0 aromatic heterocycles. The fraction of sp³-hybridized carbons (Fsp3) is 0.625. The molecule has 78 valence electrons. The van der Waals surface area contributed by atoms with E-state index in [1.807, 2.05) is 0 Å². The number of aliphatic imine (C=N–C) groups is 2. The highest BCUT2D eigenvalue weighted by molar-refractivity contribution is 8.00. The molecule has 0 spiro atoms. The third-order valence-electron chi connectivity index (χ3n) is 2.44. The van der Waals surface area contributed by atoms with E-state index in [4.69, 9.17) is 0 Å². The molecule has 2 aliphatic heterocycles. The lowest BCUT2D eigenvalue weighted by Crippen LogP contribution is -2.62. The summed E-state index contributed by atoms with van der Waals surface area (Å²) < 4.78 is 0. The number of fused-ring (bicyclic) bond motifs is 1. The molecule has 6 nitrogen and oxygen atoms in total. The van der Waals surface area contributed by atoms with Gasteiger partial charge in [-0.15, -0.1) is 11.8 Å². The van der Waals surface area contributed by atoms with Crippen molar-refractivity contribution in [3.05, 3.63) is 0 Å². The lowest BCUT2D eigenvalue weighted by Gasteiger charge is -2.48. The number of hydrogen-bond donors (Lipinski definition) is 0. The third kappa shape index (κ3) is 1.61. The van der Waals surface area contributed by atoms with Crippen LogP contribution in [0.4, 0.5) is 0 Å². The predicted octanol–water partition coefficient (Wildman–Crippen LogP) is -0.342. The Labute approximate surface area is 89.4 Å². The molecule has 3 atom stereocenters. The van der Waals surface area contributed by atoms with Gasteiger partial charge in [0.15, 0.2) is 6.17 Å². The fourth-order valence-electron chi connectivity index (χ4n) is 1.71. The Kier molecular flexibility index (Phi) is 2.68. The van der Waals surface area contributed by atoms with Crippen LogP contribution in [0.25, 0.3) is 0 Å². The van der Waals surface area contributed by atoms with Crippen molar-refractivity contribution < 1.29 is 14.4 Å². The van der Waals surface area contributed by atoms with Crippen LogP contribution in [0.1, 0.15) is 6.42 Å². The Morgan fingerprint density at radius 3 is 2.67 bits per heavy atom. The molecule has 7 heteroatoms. The zero-order valence-corrected chi connectivity index (χ0v) is 8.44. The molecule has 0 aliphatic carbocycles. The molecule has 0 aromatic rings. The van der Waals surface area contributed by atoms with Crippen LogP contribution in [0.3, 0.4) is 0 Å². The summed E-state index contributed by atoms with van der Waals surface area (Å²) in [7, 11) is 0. The second-order valence-electron chi connectivity index (χ2n) is 3.21. The Bertz CT molecular complexity index is 383. The first-order valence-electron chi connectivity index (χ1n) is 4.34. The van der Waals surface area contributed by atoms with Gasteiger partial charge in [-0.2, -0.15) is 9.98 Å². The van der Waals surface area contributed by atoms with Crippen molar-refractivity contribution in [2.75, 3.05) is 5.75 Å². The van der Waals surface area contributed by atoms with E-state index in [0.717, 1.165) is 0 Å². The third-order valence-corrected chi connectivity index (χ3v) is 3.75. The molecule has 0 radical (unpaired) electrons. The van der Waals surface area contributed by atoms with Gasteiger partial charge in [0.2, 0.25) is 18.1 Å². The van der Waals surface area contributed by atoms with E-state index in [2.05, 4.69) is 9.98 Å². The highest BCUT2D eigenvalue weighted by Crippen LogP contribution is 2.38. The topological polar surface area (TPSA) is 79.2 Å². The number of carbonyl (C=O) groups excluding carboxylic acids is 3. The number of β-lactam (4-membered cyclic amide) rings is 1. The predicted molar refractivity (Wildman–Crippen MR) is 51.5 cm³/mol. The average molecular weight is 225 g/mol. The van der Waals surface area contributed by atoms with Gasteiger partial charge in [0.25, 0.3) is 0 Å². The Morgan fingerprint density at radius 2 is 2.07 bits per heavy atom. The van der Waals surface area contributed by atoms with Gasteiger partial charge in [0, 0.05) is 5.75 Å². The molecule has 2 heterocycles. The van der Waals surface area contributed by atoms with Gasteiger partial charge in [0.05, 0.1) is 11.8 Å². The Balaban J connectivity index is 2.24. The van der Waals surface area contributed by atoms with Crippen molar-refractivity contribution in [1.29, 1.82) is 0 Å². The number of amides is 1. The van der Waals surface area contributed by atoms with Crippen molar-refractivity contribution in [1.82, 2.24) is 4.90 Å². The van der Waals surface area contributed by atoms with Crippen LogP contribution in [-0.2, 0) is 14.4 Å². The summed E-state index contributed by atoms with van der Waals surface area (Å²) in [6.45, 7) is 0. The lowest BCUT2D eigenvalue weighted by atomic mass is 10.1. The van der Waals surface area contributed by atoms with Crippen molar-refractivity contribution in [3.63, 3.8) is 0 Å². The summed E-state index contributed by atoms with van der Waals surface area (Å²) in [5, 5.41) is 0.0673. The smallest absolute Gasteiger partial charge is 0.237 e. The summed E-state index contributed by atoms with van der Waals surface area (Å²) in [6.07, 6.45) is 2.64. The monoisotopic (exact) mass is 225 g/mol. The van der Waals surface area contributed by atoms with Crippen LogP contribution in [0.5, 0.6) is 0 Å². The highest BCUT2D eigenvalue weighted by Gasteiger charge is 2.48. The lowest BCUT2D eigenvalue weighted by molar-refractivity contribution is -0.145. The van der Waals surface area contributed by atoms with Crippen LogP contribution in [0, 0.1) is 0 Å². The first-order chi connectivity index (χ1) is 7.27. The van der Waals surface area contributed by atoms with Gasteiger partial charge >= 0.3 is 0 Å². The number of hydrogen-bond acceptors (Lipinski definition) is 6. The van der Waals surface area contributed by atoms with Crippen molar-refractivity contribution in [3.8, 4) is 0 Å². The van der Waals surface area contributed by atoms with E-state index in [1.165, 1.54) is 28.8 Å². The molecule has 2 saturated heterocycles. The quantitative estimate of drug-likeness (QED) is 0.366. The summed E-state index contributed by atoms with van der Waals surface area (Å²) in [4.78, 5) is 40.2. The minimum Gasteiger partial charge on any atom is -0.305 e. The maximum absolute atomic E-state index is 11.3. The van der Waals surface area contributed by atoms with Gasteiger partial charge in [-0.1, -0.05) is 0 Å². The molecule has 0 N–H and O–H groups in total. The van der Waals surface area contributed by atoms with Crippen LogP contribution in [0.15, 0.2) is 9.98 Å². The molecule has 15 heavy (non-hydrogen) atoms. The van der Waals surface area contributed by atoms with Gasteiger partial charge in [-0.05, 0) is 0 Å². The van der Waals surface area contributed by atoms with Crippen LogP contribution < -0.4 is 0 Å². The summed E-state index contributed by atoms with van der Waals surface area (Å²) in [6, 6.07) is -0.477. The average Bonchev–Trinajstić information content (AvgIpc) is 2.20. The SMILES string of the molecule is O=C=NC1CS[C@H]2CC(=O)N2C1N=C=O. The zero-order chi connectivity index (χ0) is 10.8. The molecule has 0 bridgehead atoms. The molecule has 2 rings (SSSR count). The van der Waals surface area contributed by atoms with Crippen molar-refractivity contribution >= 4 is 29.8 Å². The number of carbonyl (C=O) groups is 1. The van der Waals surface area contributed by atoms with Gasteiger partial charge < -0.3 is 4.90 Å². The minimum atomic E-state index is -0.670. The standard InChI is InChI=1S/C8H7N3O3S/c12-3-9-5-2-15-7-1-6(14)11(7)8(5)10-4-13/h5,7-8H,1-2H2/t5?,7-,8?/m0/s1. The first-order valence-corrected chi connectivity index (χ1v) is 5.39. The maximum Gasteiger partial charge on any atom is 0.237 e. The minimum absolute atomic E-state index is 0.0673. The molecule has 0 saturated carbocycles.